The van der Waals surface area contributed by atoms with E-state index in [2.05, 4.69) is 42.6 Å². The number of rotatable bonds is 8. The summed E-state index contributed by atoms with van der Waals surface area (Å²) in [7, 11) is 0. The quantitative estimate of drug-likeness (QED) is 0.501. The molecule has 27 heavy (non-hydrogen) atoms. The number of ether oxygens (including phenoxy) is 2. The van der Waals surface area contributed by atoms with Crippen LogP contribution in [0.25, 0.3) is 0 Å². The van der Waals surface area contributed by atoms with Crippen LogP contribution in [0.2, 0.25) is 5.02 Å². The van der Waals surface area contributed by atoms with E-state index in [-0.39, 0.29) is 0 Å². The number of aryl methyl sites for hydroxylation is 1. The van der Waals surface area contributed by atoms with Crippen molar-refractivity contribution in [1.82, 2.24) is 0 Å². The Morgan fingerprint density at radius 3 is 2.37 bits per heavy atom. The van der Waals surface area contributed by atoms with Gasteiger partial charge in [0, 0.05) is 17.3 Å². The van der Waals surface area contributed by atoms with Crippen molar-refractivity contribution in [1.29, 1.82) is 0 Å². The van der Waals surface area contributed by atoms with Crippen LogP contribution in [0.4, 0.5) is 5.69 Å². The van der Waals surface area contributed by atoms with Gasteiger partial charge in [-0.05, 0) is 66.9 Å². The molecule has 0 fully saturated rings. The first kappa shape index (κ1) is 19.1. The molecule has 0 radical (unpaired) electrons. The van der Waals surface area contributed by atoms with Gasteiger partial charge >= 0.3 is 0 Å². The largest absolute Gasteiger partial charge is 0.490 e. The summed E-state index contributed by atoms with van der Waals surface area (Å²) < 4.78 is 11.7. The number of hydrogen-bond donors (Lipinski definition) is 1. The molecule has 3 rings (SSSR count). The summed E-state index contributed by atoms with van der Waals surface area (Å²) in [5, 5.41) is 4.17. The van der Waals surface area contributed by atoms with Gasteiger partial charge in [-0.3, -0.25) is 0 Å². The molecule has 3 aromatic rings. The summed E-state index contributed by atoms with van der Waals surface area (Å²) >= 11 is 5.93. The molecule has 0 aliphatic heterocycles. The first-order valence-electron chi connectivity index (χ1n) is 9.07. The van der Waals surface area contributed by atoms with Crippen molar-refractivity contribution in [3.05, 3.63) is 88.4 Å². The maximum absolute atomic E-state index is 5.96. The minimum Gasteiger partial charge on any atom is -0.490 e. The molecule has 0 spiro atoms. The molecule has 0 unspecified atom stereocenters. The predicted octanol–water partition coefficient (Wildman–Crippen LogP) is 6.24. The number of anilines is 1. The van der Waals surface area contributed by atoms with Gasteiger partial charge in [-0.25, -0.2) is 0 Å². The van der Waals surface area contributed by atoms with Crippen LogP contribution in [0.5, 0.6) is 11.5 Å². The Hall–Kier alpha value is -2.65. The van der Waals surface area contributed by atoms with E-state index in [1.54, 1.807) is 0 Å². The van der Waals surface area contributed by atoms with Crippen molar-refractivity contribution < 1.29 is 9.47 Å². The minimum atomic E-state index is 0.470. The third-order valence-electron chi connectivity index (χ3n) is 4.13. The second kappa shape index (κ2) is 9.33. The molecule has 3 nitrogen and oxygen atoms in total. The SMILES string of the molecule is CCOc1cc(CNc2cccc(C)c2)ccc1OCc1ccc(Cl)cc1. The second-order valence-corrected chi connectivity index (χ2v) is 6.79. The lowest BCUT2D eigenvalue weighted by Crippen LogP contribution is -2.03. The van der Waals surface area contributed by atoms with Crippen LogP contribution < -0.4 is 14.8 Å². The Morgan fingerprint density at radius 1 is 0.852 bits per heavy atom. The van der Waals surface area contributed by atoms with Crippen LogP contribution in [-0.2, 0) is 13.2 Å². The number of hydrogen-bond acceptors (Lipinski definition) is 3. The van der Waals surface area contributed by atoms with Gasteiger partial charge in [0.1, 0.15) is 6.61 Å². The van der Waals surface area contributed by atoms with Crippen molar-refractivity contribution >= 4 is 17.3 Å². The molecule has 1 N–H and O–H groups in total. The van der Waals surface area contributed by atoms with E-state index < -0.39 is 0 Å². The highest BCUT2D eigenvalue weighted by Crippen LogP contribution is 2.30. The fourth-order valence-corrected chi connectivity index (χ4v) is 2.88. The second-order valence-electron chi connectivity index (χ2n) is 6.35. The lowest BCUT2D eigenvalue weighted by atomic mass is 10.1. The Balaban J connectivity index is 1.67. The van der Waals surface area contributed by atoms with Crippen LogP contribution >= 0.6 is 11.6 Å². The topological polar surface area (TPSA) is 30.5 Å². The fraction of sp³-hybridized carbons (Fsp3) is 0.217. The molecule has 0 atom stereocenters. The third-order valence-corrected chi connectivity index (χ3v) is 4.38. The molecular weight excluding hydrogens is 358 g/mol. The molecule has 0 aliphatic carbocycles. The average molecular weight is 382 g/mol. The van der Waals surface area contributed by atoms with Crippen LogP contribution in [-0.4, -0.2) is 6.61 Å². The summed E-state index contributed by atoms with van der Waals surface area (Å²) in [4.78, 5) is 0. The standard InChI is InChI=1S/C23H24ClNO2/c1-3-26-23-14-19(15-25-21-6-4-5-17(2)13-21)9-12-22(23)27-16-18-7-10-20(24)11-8-18/h4-14,25H,3,15-16H2,1-2H3. The predicted molar refractivity (Wildman–Crippen MR) is 112 cm³/mol. The number of halogens is 1. The smallest absolute Gasteiger partial charge is 0.161 e. The van der Waals surface area contributed by atoms with Gasteiger partial charge in [0.25, 0.3) is 0 Å². The van der Waals surface area contributed by atoms with Crippen LogP contribution in [0.3, 0.4) is 0 Å². The van der Waals surface area contributed by atoms with E-state index in [9.17, 15) is 0 Å². The monoisotopic (exact) mass is 381 g/mol. The van der Waals surface area contributed by atoms with Crippen molar-refractivity contribution in [2.75, 3.05) is 11.9 Å². The lowest BCUT2D eigenvalue weighted by molar-refractivity contribution is 0.269. The van der Waals surface area contributed by atoms with E-state index in [0.29, 0.717) is 13.2 Å². The van der Waals surface area contributed by atoms with Gasteiger partial charge in [-0.15, -0.1) is 0 Å². The summed E-state index contributed by atoms with van der Waals surface area (Å²) in [6.07, 6.45) is 0. The zero-order valence-electron chi connectivity index (χ0n) is 15.7. The minimum absolute atomic E-state index is 0.470. The molecular formula is C23H24ClNO2. The average Bonchev–Trinajstić information content (AvgIpc) is 2.67. The van der Waals surface area contributed by atoms with Crippen molar-refractivity contribution in [2.45, 2.75) is 27.0 Å². The molecule has 0 saturated carbocycles. The first-order chi connectivity index (χ1) is 13.1. The highest BCUT2D eigenvalue weighted by atomic mass is 35.5. The maximum atomic E-state index is 5.96. The number of nitrogens with one attached hydrogen (secondary N) is 1. The van der Waals surface area contributed by atoms with E-state index >= 15 is 0 Å². The Bertz CT molecular complexity index is 878. The molecule has 4 heteroatoms. The molecule has 140 valence electrons. The van der Waals surface area contributed by atoms with Gasteiger partial charge in [-0.2, -0.15) is 0 Å². The van der Waals surface area contributed by atoms with E-state index in [4.69, 9.17) is 21.1 Å². The summed E-state index contributed by atoms with van der Waals surface area (Å²) in [6, 6.07) is 22.1. The van der Waals surface area contributed by atoms with E-state index in [0.717, 1.165) is 39.9 Å². The molecule has 0 bridgehead atoms. The maximum Gasteiger partial charge on any atom is 0.161 e. The van der Waals surface area contributed by atoms with Gasteiger partial charge < -0.3 is 14.8 Å². The van der Waals surface area contributed by atoms with Crippen LogP contribution in [0.15, 0.2) is 66.7 Å². The Labute approximate surface area is 165 Å². The molecule has 0 aromatic heterocycles. The molecule has 0 amide bonds. The zero-order chi connectivity index (χ0) is 19.1. The van der Waals surface area contributed by atoms with Crippen LogP contribution in [0, 0.1) is 6.92 Å². The summed E-state index contributed by atoms with van der Waals surface area (Å²) in [5.74, 6) is 1.50. The molecule has 0 aliphatic rings. The van der Waals surface area contributed by atoms with Gasteiger partial charge in [-0.1, -0.05) is 41.9 Å². The molecule has 0 saturated heterocycles. The van der Waals surface area contributed by atoms with E-state index in [1.807, 2.05) is 43.3 Å². The van der Waals surface area contributed by atoms with Gasteiger partial charge in [0.05, 0.1) is 6.61 Å². The molecule has 0 heterocycles. The number of benzene rings is 3. The van der Waals surface area contributed by atoms with Crippen molar-refractivity contribution in [2.24, 2.45) is 0 Å². The van der Waals surface area contributed by atoms with Crippen molar-refractivity contribution in [3.63, 3.8) is 0 Å². The highest BCUT2D eigenvalue weighted by molar-refractivity contribution is 6.30. The van der Waals surface area contributed by atoms with Gasteiger partial charge in [0.15, 0.2) is 11.5 Å². The van der Waals surface area contributed by atoms with Gasteiger partial charge in [0.2, 0.25) is 0 Å². The summed E-state index contributed by atoms with van der Waals surface area (Å²) in [5.41, 5.74) is 4.54. The Morgan fingerprint density at radius 2 is 1.63 bits per heavy atom. The van der Waals surface area contributed by atoms with Crippen LogP contribution in [0.1, 0.15) is 23.6 Å². The summed E-state index contributed by atoms with van der Waals surface area (Å²) in [6.45, 7) is 5.84. The normalized spacial score (nSPS) is 10.5. The Kier molecular flexibility index (Phi) is 6.61. The van der Waals surface area contributed by atoms with Crippen molar-refractivity contribution in [3.8, 4) is 11.5 Å². The zero-order valence-corrected chi connectivity index (χ0v) is 16.4. The fourth-order valence-electron chi connectivity index (χ4n) is 2.75. The first-order valence-corrected chi connectivity index (χ1v) is 9.45. The van der Waals surface area contributed by atoms with E-state index in [1.165, 1.54) is 5.56 Å². The molecule has 3 aromatic carbocycles. The highest BCUT2D eigenvalue weighted by Gasteiger charge is 2.07. The lowest BCUT2D eigenvalue weighted by Gasteiger charge is -2.14. The third kappa shape index (κ3) is 5.66.